The maximum atomic E-state index is 13.5. The first-order valence-corrected chi connectivity index (χ1v) is 9.09. The van der Waals surface area contributed by atoms with Crippen LogP contribution in [0.25, 0.3) is 0 Å². The molecule has 0 bridgehead atoms. The van der Waals surface area contributed by atoms with Gasteiger partial charge in [-0.25, -0.2) is 18.0 Å². The van der Waals surface area contributed by atoms with Gasteiger partial charge >= 0.3 is 6.03 Å². The Hall–Kier alpha value is -3.23. The molecule has 0 unspecified atom stereocenters. The van der Waals surface area contributed by atoms with Crippen molar-refractivity contribution in [1.29, 1.82) is 0 Å². The van der Waals surface area contributed by atoms with Crippen molar-refractivity contribution in [2.24, 2.45) is 0 Å². The summed E-state index contributed by atoms with van der Waals surface area (Å²) in [6.45, 7) is 5.23. The molecule has 9 heteroatoms. The molecule has 156 valence electrons. The highest BCUT2D eigenvalue weighted by molar-refractivity contribution is 5.94. The number of anilines is 2. The maximum absolute atomic E-state index is 13.5. The smallest absolute Gasteiger partial charge is 0.315 e. The summed E-state index contributed by atoms with van der Waals surface area (Å²) in [5.41, 5.74) is 1.69. The van der Waals surface area contributed by atoms with Gasteiger partial charge in [-0.1, -0.05) is 18.2 Å². The first-order chi connectivity index (χ1) is 13.8. The number of para-hydroxylation sites is 1. The second-order valence-electron chi connectivity index (χ2n) is 6.25. The van der Waals surface area contributed by atoms with E-state index in [4.69, 9.17) is 0 Å². The number of likely N-dealkylation sites (N-methyl/N-ethyl adjacent to an activating group) is 1. The Morgan fingerprint density at radius 2 is 1.72 bits per heavy atom. The van der Waals surface area contributed by atoms with E-state index < -0.39 is 41.6 Å². The zero-order chi connectivity index (χ0) is 21.4. The minimum Gasteiger partial charge on any atom is -0.370 e. The summed E-state index contributed by atoms with van der Waals surface area (Å²) in [7, 11) is 0. The summed E-state index contributed by atoms with van der Waals surface area (Å²) < 4.78 is 39.6. The van der Waals surface area contributed by atoms with E-state index in [1.165, 1.54) is 0 Å². The zero-order valence-corrected chi connectivity index (χ0v) is 16.2. The predicted molar refractivity (Wildman–Crippen MR) is 105 cm³/mol. The van der Waals surface area contributed by atoms with Gasteiger partial charge in [0, 0.05) is 25.3 Å². The Bertz CT molecular complexity index is 877. The summed E-state index contributed by atoms with van der Waals surface area (Å²) >= 11 is 0. The molecular formula is C20H23F3N4O2. The molecule has 0 radical (unpaired) electrons. The number of benzene rings is 2. The second-order valence-corrected chi connectivity index (χ2v) is 6.25. The van der Waals surface area contributed by atoms with Crippen LogP contribution in [0.3, 0.4) is 0 Å². The highest BCUT2D eigenvalue weighted by atomic mass is 19.2. The number of hydrogen-bond acceptors (Lipinski definition) is 3. The average Bonchev–Trinajstić information content (AvgIpc) is 2.71. The van der Waals surface area contributed by atoms with Crippen LogP contribution in [0.4, 0.5) is 29.3 Å². The number of rotatable bonds is 8. The van der Waals surface area contributed by atoms with Gasteiger partial charge in [-0.15, -0.1) is 0 Å². The standard InChI is InChI=1S/C20H23F3N4O2/c1-3-27(16-7-5-4-6-13(16)2)11-10-24-20(29)25-12-17(28)26-15-9-8-14(21)18(22)19(15)23/h4-9H,3,10-12H2,1-2H3,(H,26,28)(H2,24,25,29). The van der Waals surface area contributed by atoms with Crippen LogP contribution in [0.15, 0.2) is 36.4 Å². The van der Waals surface area contributed by atoms with Gasteiger partial charge in [-0.05, 0) is 37.6 Å². The zero-order valence-electron chi connectivity index (χ0n) is 16.2. The molecule has 2 aromatic rings. The third-order valence-electron chi connectivity index (χ3n) is 4.22. The molecule has 2 rings (SSSR count). The fraction of sp³-hybridized carbons (Fsp3) is 0.300. The first-order valence-electron chi connectivity index (χ1n) is 9.09. The molecule has 2 aromatic carbocycles. The molecule has 0 fully saturated rings. The summed E-state index contributed by atoms with van der Waals surface area (Å²) in [5.74, 6) is -5.31. The normalized spacial score (nSPS) is 10.4. The van der Waals surface area contributed by atoms with Gasteiger partial charge in [0.15, 0.2) is 17.5 Å². The number of nitrogens with zero attached hydrogens (tertiary/aromatic N) is 1. The van der Waals surface area contributed by atoms with Crippen molar-refractivity contribution in [1.82, 2.24) is 10.6 Å². The molecule has 0 aliphatic rings. The van der Waals surface area contributed by atoms with Gasteiger partial charge in [-0.3, -0.25) is 4.79 Å². The van der Waals surface area contributed by atoms with Gasteiger partial charge < -0.3 is 20.9 Å². The number of urea groups is 1. The van der Waals surface area contributed by atoms with Crippen LogP contribution < -0.4 is 20.9 Å². The fourth-order valence-electron chi connectivity index (χ4n) is 2.71. The number of amides is 3. The molecule has 3 N–H and O–H groups in total. The molecule has 3 amide bonds. The second kappa shape index (κ2) is 10.4. The molecule has 0 aliphatic carbocycles. The number of carbonyl (C=O) groups excluding carboxylic acids is 2. The summed E-state index contributed by atoms with van der Waals surface area (Å²) in [4.78, 5) is 25.7. The quantitative estimate of drug-likeness (QED) is 0.588. The van der Waals surface area contributed by atoms with Crippen LogP contribution in [-0.4, -0.2) is 38.1 Å². The number of nitrogens with one attached hydrogen (secondary N) is 3. The van der Waals surface area contributed by atoms with Crippen LogP contribution in [-0.2, 0) is 4.79 Å². The lowest BCUT2D eigenvalue weighted by Gasteiger charge is -2.25. The van der Waals surface area contributed by atoms with Crippen molar-refractivity contribution >= 4 is 23.3 Å². The van der Waals surface area contributed by atoms with Crippen LogP contribution >= 0.6 is 0 Å². The van der Waals surface area contributed by atoms with Gasteiger partial charge in [0.25, 0.3) is 0 Å². The van der Waals surface area contributed by atoms with Gasteiger partial charge in [0.1, 0.15) is 0 Å². The van der Waals surface area contributed by atoms with Crippen molar-refractivity contribution in [3.8, 4) is 0 Å². The topological polar surface area (TPSA) is 73.5 Å². The third kappa shape index (κ3) is 6.13. The van der Waals surface area contributed by atoms with E-state index in [1.54, 1.807) is 0 Å². The van der Waals surface area contributed by atoms with E-state index in [2.05, 4.69) is 20.9 Å². The Labute approximate surface area is 167 Å². The Kier molecular flexibility index (Phi) is 7.88. The summed E-state index contributed by atoms with van der Waals surface area (Å²) in [6, 6.07) is 8.92. The van der Waals surface area contributed by atoms with Crippen molar-refractivity contribution in [2.75, 3.05) is 36.4 Å². The van der Waals surface area contributed by atoms with Crippen molar-refractivity contribution in [2.45, 2.75) is 13.8 Å². The van der Waals surface area contributed by atoms with E-state index in [0.717, 1.165) is 23.9 Å². The van der Waals surface area contributed by atoms with Gasteiger partial charge in [0.2, 0.25) is 5.91 Å². The molecule has 0 spiro atoms. The van der Waals surface area contributed by atoms with Crippen LogP contribution in [0.5, 0.6) is 0 Å². The molecule has 29 heavy (non-hydrogen) atoms. The van der Waals surface area contributed by atoms with Crippen LogP contribution in [0.1, 0.15) is 12.5 Å². The largest absolute Gasteiger partial charge is 0.370 e. The Balaban J connectivity index is 1.76. The lowest BCUT2D eigenvalue weighted by molar-refractivity contribution is -0.115. The molecule has 0 aromatic heterocycles. The van der Waals surface area contributed by atoms with Crippen LogP contribution in [0, 0.1) is 24.4 Å². The predicted octanol–water partition coefficient (Wildman–Crippen LogP) is 3.18. The van der Waals surface area contributed by atoms with E-state index in [1.807, 2.05) is 38.1 Å². The van der Waals surface area contributed by atoms with E-state index >= 15 is 0 Å². The summed E-state index contributed by atoms with van der Waals surface area (Å²) in [5, 5.41) is 7.02. The first kappa shape index (κ1) is 22.1. The van der Waals surface area contributed by atoms with Crippen molar-refractivity contribution in [3.63, 3.8) is 0 Å². The van der Waals surface area contributed by atoms with Crippen LogP contribution in [0.2, 0.25) is 0 Å². The minimum atomic E-state index is -1.68. The maximum Gasteiger partial charge on any atom is 0.315 e. The molecular weight excluding hydrogens is 385 g/mol. The van der Waals surface area contributed by atoms with Gasteiger partial charge in [0.05, 0.1) is 12.2 Å². The van der Waals surface area contributed by atoms with Gasteiger partial charge in [-0.2, -0.15) is 0 Å². The average molecular weight is 408 g/mol. The highest BCUT2D eigenvalue weighted by Crippen LogP contribution is 2.19. The molecule has 0 atom stereocenters. The lowest BCUT2D eigenvalue weighted by atomic mass is 10.2. The minimum absolute atomic E-state index is 0.341. The number of halogens is 3. The lowest BCUT2D eigenvalue weighted by Crippen LogP contribution is -2.43. The third-order valence-corrected chi connectivity index (χ3v) is 4.22. The number of hydrogen-bond donors (Lipinski definition) is 3. The molecule has 6 nitrogen and oxygen atoms in total. The monoisotopic (exact) mass is 408 g/mol. The van der Waals surface area contributed by atoms with Crippen molar-refractivity contribution in [3.05, 3.63) is 59.4 Å². The fourth-order valence-corrected chi connectivity index (χ4v) is 2.71. The van der Waals surface area contributed by atoms with E-state index in [-0.39, 0.29) is 0 Å². The van der Waals surface area contributed by atoms with Crippen molar-refractivity contribution < 1.29 is 22.8 Å². The highest BCUT2D eigenvalue weighted by Gasteiger charge is 2.15. The molecule has 0 saturated carbocycles. The molecule has 0 aliphatic heterocycles. The Morgan fingerprint density at radius 1 is 1.00 bits per heavy atom. The Morgan fingerprint density at radius 3 is 2.41 bits per heavy atom. The SMILES string of the molecule is CCN(CCNC(=O)NCC(=O)Nc1ccc(F)c(F)c1F)c1ccccc1C. The number of carbonyl (C=O) groups is 2. The number of aryl methyl sites for hydroxylation is 1. The van der Waals surface area contributed by atoms with E-state index in [0.29, 0.717) is 19.2 Å². The molecule has 0 saturated heterocycles. The molecule has 0 heterocycles. The summed E-state index contributed by atoms with van der Waals surface area (Å²) in [6.07, 6.45) is 0. The van der Waals surface area contributed by atoms with E-state index in [9.17, 15) is 22.8 Å².